The van der Waals surface area contributed by atoms with Crippen LogP contribution in [0.3, 0.4) is 0 Å². The Morgan fingerprint density at radius 2 is 1.74 bits per heavy atom. The van der Waals surface area contributed by atoms with Crippen molar-refractivity contribution in [2.24, 2.45) is 7.05 Å². The number of halogens is 2. The van der Waals surface area contributed by atoms with E-state index in [1.807, 2.05) is 32.9 Å². The highest BCUT2D eigenvalue weighted by Crippen LogP contribution is 2.37. The molecule has 2 N–H and O–H groups in total. The molecule has 3 aromatic rings. The zero-order valence-corrected chi connectivity index (χ0v) is 21.9. The van der Waals surface area contributed by atoms with Gasteiger partial charge in [-0.05, 0) is 48.2 Å². The number of aryl methyl sites for hydroxylation is 1. The lowest BCUT2D eigenvalue weighted by Gasteiger charge is -2.28. The van der Waals surface area contributed by atoms with Crippen molar-refractivity contribution in [3.05, 3.63) is 51.9 Å². The Kier molecular flexibility index (Phi) is 7.09. The Balaban J connectivity index is 1.69. The molecule has 0 spiro atoms. The minimum absolute atomic E-state index is 0.0301. The molecular formula is C23H28Cl2N6O2S. The minimum atomic E-state index is -4.06. The highest BCUT2D eigenvalue weighted by Gasteiger charge is 2.27. The summed E-state index contributed by atoms with van der Waals surface area (Å²) < 4.78 is 31.0. The molecule has 0 radical (unpaired) electrons. The second-order valence-corrected chi connectivity index (χ2v) is 11.1. The fourth-order valence-corrected chi connectivity index (χ4v) is 6.35. The normalized spacial score (nSPS) is 14.6. The molecular weight excluding hydrogens is 495 g/mol. The second-order valence-electron chi connectivity index (χ2n) is 8.64. The van der Waals surface area contributed by atoms with Crippen LogP contribution in [0.15, 0.2) is 35.4 Å². The molecule has 1 aliphatic heterocycles. The molecule has 0 bridgehead atoms. The second kappa shape index (κ2) is 9.73. The molecule has 3 heterocycles. The SMILES string of the molecule is Cc1c(NS(=O)(=O)c2c(Cl)cc(-c3ccnc(N4CCNCC4)c3)cc2Cl)c(C(C)C)nn1C. The van der Waals surface area contributed by atoms with E-state index >= 15 is 0 Å². The number of hydrogen-bond donors (Lipinski definition) is 2. The molecule has 182 valence electrons. The van der Waals surface area contributed by atoms with Crippen molar-refractivity contribution >= 4 is 44.7 Å². The molecule has 0 saturated carbocycles. The van der Waals surface area contributed by atoms with Crippen molar-refractivity contribution < 1.29 is 8.42 Å². The number of hydrogen-bond acceptors (Lipinski definition) is 6. The van der Waals surface area contributed by atoms with Crippen molar-refractivity contribution in [3.8, 4) is 11.1 Å². The molecule has 1 aromatic carbocycles. The average molecular weight is 523 g/mol. The van der Waals surface area contributed by atoms with Gasteiger partial charge in [0.15, 0.2) is 0 Å². The van der Waals surface area contributed by atoms with Crippen LogP contribution in [0.25, 0.3) is 11.1 Å². The van der Waals surface area contributed by atoms with Crippen molar-refractivity contribution in [2.75, 3.05) is 35.8 Å². The van der Waals surface area contributed by atoms with Gasteiger partial charge in [-0.25, -0.2) is 13.4 Å². The number of pyridine rings is 1. The van der Waals surface area contributed by atoms with Crippen molar-refractivity contribution in [1.82, 2.24) is 20.1 Å². The lowest BCUT2D eigenvalue weighted by atomic mass is 10.1. The first-order valence-electron chi connectivity index (χ1n) is 11.1. The van der Waals surface area contributed by atoms with E-state index in [0.717, 1.165) is 37.6 Å². The highest BCUT2D eigenvalue weighted by atomic mass is 35.5. The molecule has 1 fully saturated rings. The van der Waals surface area contributed by atoms with Gasteiger partial charge in [-0.3, -0.25) is 9.40 Å². The van der Waals surface area contributed by atoms with Crippen LogP contribution in [-0.2, 0) is 17.1 Å². The molecule has 0 unspecified atom stereocenters. The number of piperazine rings is 1. The lowest BCUT2D eigenvalue weighted by molar-refractivity contribution is 0.585. The topological polar surface area (TPSA) is 92.2 Å². The molecule has 0 amide bonds. The number of aromatic nitrogens is 3. The third-order valence-corrected chi connectivity index (χ3v) is 8.20. The summed E-state index contributed by atoms with van der Waals surface area (Å²) in [7, 11) is -2.28. The number of nitrogens with one attached hydrogen (secondary N) is 2. The van der Waals surface area contributed by atoms with Crippen LogP contribution in [0.2, 0.25) is 10.0 Å². The Labute approximate surface area is 210 Å². The smallest absolute Gasteiger partial charge is 0.264 e. The summed E-state index contributed by atoms with van der Waals surface area (Å²) in [5, 5.41) is 7.86. The third kappa shape index (κ3) is 4.88. The van der Waals surface area contributed by atoms with Gasteiger partial charge in [-0.15, -0.1) is 0 Å². The Morgan fingerprint density at radius 1 is 1.09 bits per heavy atom. The quantitative estimate of drug-likeness (QED) is 0.497. The summed E-state index contributed by atoms with van der Waals surface area (Å²) in [6.07, 6.45) is 1.74. The fraction of sp³-hybridized carbons (Fsp3) is 0.391. The van der Waals surface area contributed by atoms with Gasteiger partial charge in [0, 0.05) is 39.4 Å². The maximum Gasteiger partial charge on any atom is 0.264 e. The fourth-order valence-electron chi connectivity index (χ4n) is 4.00. The van der Waals surface area contributed by atoms with Crippen LogP contribution >= 0.6 is 23.2 Å². The number of nitrogens with zero attached hydrogens (tertiary/aromatic N) is 4. The first-order chi connectivity index (χ1) is 16.1. The van der Waals surface area contributed by atoms with Crippen LogP contribution in [-0.4, -0.2) is 49.4 Å². The maximum absolute atomic E-state index is 13.3. The van der Waals surface area contributed by atoms with Crippen LogP contribution < -0.4 is 14.9 Å². The number of sulfonamides is 1. The standard InChI is InChI=1S/C23H28Cl2N6O2S/c1-14(2)21-22(15(3)30(4)28-21)29-34(32,33)23-18(24)11-17(12-19(23)25)16-5-6-27-20(13-16)31-9-7-26-8-10-31/h5-6,11-14,26,29H,7-10H2,1-4H3. The van der Waals surface area contributed by atoms with E-state index in [0.29, 0.717) is 22.6 Å². The van der Waals surface area contributed by atoms with Gasteiger partial charge in [0.25, 0.3) is 10.0 Å². The van der Waals surface area contributed by atoms with Gasteiger partial charge in [0.1, 0.15) is 10.7 Å². The highest BCUT2D eigenvalue weighted by molar-refractivity contribution is 7.93. The third-order valence-electron chi connectivity index (χ3n) is 5.93. The Morgan fingerprint density at radius 3 is 2.35 bits per heavy atom. The van der Waals surface area contributed by atoms with E-state index in [-0.39, 0.29) is 20.9 Å². The molecule has 1 aliphatic rings. The van der Waals surface area contributed by atoms with Gasteiger partial charge in [-0.1, -0.05) is 37.0 Å². The molecule has 1 saturated heterocycles. The summed E-state index contributed by atoms with van der Waals surface area (Å²) >= 11 is 13.0. The molecule has 8 nitrogen and oxygen atoms in total. The molecule has 11 heteroatoms. The first kappa shape index (κ1) is 24.8. The van der Waals surface area contributed by atoms with E-state index in [1.165, 1.54) is 0 Å². The molecule has 4 rings (SSSR count). The van der Waals surface area contributed by atoms with E-state index in [1.54, 1.807) is 30.1 Å². The summed E-state index contributed by atoms with van der Waals surface area (Å²) in [4.78, 5) is 6.53. The van der Waals surface area contributed by atoms with Crippen LogP contribution in [0.4, 0.5) is 11.5 Å². The predicted molar refractivity (Wildman–Crippen MR) is 138 cm³/mol. The number of rotatable bonds is 6. The van der Waals surface area contributed by atoms with Gasteiger partial charge in [0.05, 0.1) is 27.1 Å². The van der Waals surface area contributed by atoms with Crippen molar-refractivity contribution in [3.63, 3.8) is 0 Å². The molecule has 34 heavy (non-hydrogen) atoms. The van der Waals surface area contributed by atoms with Crippen LogP contribution in [0, 0.1) is 6.92 Å². The monoisotopic (exact) mass is 522 g/mol. The summed E-state index contributed by atoms with van der Waals surface area (Å²) in [6.45, 7) is 9.26. The van der Waals surface area contributed by atoms with Gasteiger partial charge in [0.2, 0.25) is 0 Å². The predicted octanol–water partition coefficient (Wildman–Crippen LogP) is 4.43. The van der Waals surface area contributed by atoms with Crippen molar-refractivity contribution in [2.45, 2.75) is 31.6 Å². The van der Waals surface area contributed by atoms with Gasteiger partial charge in [-0.2, -0.15) is 5.10 Å². The summed E-state index contributed by atoms with van der Waals surface area (Å²) in [5.41, 5.74) is 3.38. The van der Waals surface area contributed by atoms with E-state index < -0.39 is 10.0 Å². The van der Waals surface area contributed by atoms with Gasteiger partial charge >= 0.3 is 0 Å². The minimum Gasteiger partial charge on any atom is -0.354 e. The zero-order chi connectivity index (χ0) is 24.6. The van der Waals surface area contributed by atoms with E-state index in [4.69, 9.17) is 23.2 Å². The molecule has 2 aromatic heterocycles. The Hall–Kier alpha value is -2.33. The first-order valence-corrected chi connectivity index (χ1v) is 13.3. The van der Waals surface area contributed by atoms with Crippen LogP contribution in [0.1, 0.15) is 31.2 Å². The van der Waals surface area contributed by atoms with Crippen molar-refractivity contribution in [1.29, 1.82) is 0 Å². The van der Waals surface area contributed by atoms with Gasteiger partial charge < -0.3 is 10.2 Å². The largest absolute Gasteiger partial charge is 0.354 e. The summed E-state index contributed by atoms with van der Waals surface area (Å²) in [6, 6.07) is 7.07. The lowest BCUT2D eigenvalue weighted by Crippen LogP contribution is -2.43. The van der Waals surface area contributed by atoms with E-state index in [9.17, 15) is 8.42 Å². The maximum atomic E-state index is 13.3. The molecule has 0 aliphatic carbocycles. The zero-order valence-electron chi connectivity index (χ0n) is 19.6. The summed E-state index contributed by atoms with van der Waals surface area (Å²) in [5.74, 6) is 0.889. The number of anilines is 2. The average Bonchev–Trinajstić information content (AvgIpc) is 3.07. The Bertz CT molecular complexity index is 1290. The number of benzene rings is 1. The van der Waals surface area contributed by atoms with Crippen LogP contribution in [0.5, 0.6) is 0 Å². The molecule has 0 atom stereocenters. The van der Waals surface area contributed by atoms with E-state index in [2.05, 4.69) is 25.0 Å².